The van der Waals surface area contributed by atoms with Crippen LogP contribution < -0.4 is 5.32 Å². The van der Waals surface area contributed by atoms with E-state index in [2.05, 4.69) is 55.9 Å². The van der Waals surface area contributed by atoms with Crippen molar-refractivity contribution in [1.29, 1.82) is 0 Å². The maximum Gasteiger partial charge on any atom is 0.135 e. The van der Waals surface area contributed by atoms with Crippen LogP contribution in [0.15, 0.2) is 43.7 Å². The zero-order valence-electron chi connectivity index (χ0n) is 13.0. The van der Waals surface area contributed by atoms with Crippen molar-refractivity contribution < 1.29 is 4.42 Å². The summed E-state index contributed by atoms with van der Waals surface area (Å²) in [6, 6.07) is 10.2. The first-order valence-corrected chi connectivity index (χ1v) is 9.19. The summed E-state index contributed by atoms with van der Waals surface area (Å²) in [5.41, 5.74) is 1.07. The topological polar surface area (TPSA) is 28.4 Å². The van der Waals surface area contributed by atoms with Gasteiger partial charge in [-0.25, -0.2) is 0 Å². The molecule has 0 unspecified atom stereocenters. The monoisotopic (exact) mass is 428 g/mol. The zero-order chi connectivity index (χ0) is 15.9. The molecule has 5 heteroatoms. The minimum absolute atomic E-state index is 0.759. The van der Waals surface area contributed by atoms with Crippen molar-refractivity contribution in [2.24, 2.45) is 0 Å². The van der Waals surface area contributed by atoms with E-state index >= 15 is 0 Å². The van der Waals surface area contributed by atoms with Crippen LogP contribution in [0, 0.1) is 0 Å². The highest BCUT2D eigenvalue weighted by atomic mass is 79.9. The van der Waals surface area contributed by atoms with Crippen LogP contribution in [0.5, 0.6) is 0 Å². The first-order valence-electron chi connectivity index (χ1n) is 7.61. The first-order chi connectivity index (χ1) is 10.6. The van der Waals surface area contributed by atoms with Crippen molar-refractivity contribution in [2.75, 3.05) is 26.2 Å². The normalized spacial score (nSPS) is 11.3. The van der Waals surface area contributed by atoms with Crippen LogP contribution in [0.4, 0.5) is 0 Å². The average molecular weight is 430 g/mol. The molecule has 0 bridgehead atoms. The Morgan fingerprint density at radius 3 is 2.55 bits per heavy atom. The molecule has 0 spiro atoms. The van der Waals surface area contributed by atoms with E-state index in [0.29, 0.717) is 0 Å². The SMILES string of the molecule is CCN(CC)CCNCc1ccc(-c2ccc(Br)cc2Br)o1. The van der Waals surface area contributed by atoms with Gasteiger partial charge in [0.25, 0.3) is 0 Å². The van der Waals surface area contributed by atoms with E-state index in [1.165, 1.54) is 0 Å². The molecule has 0 amide bonds. The Morgan fingerprint density at radius 1 is 1.09 bits per heavy atom. The molecule has 22 heavy (non-hydrogen) atoms. The smallest absolute Gasteiger partial charge is 0.135 e. The minimum atomic E-state index is 0.759. The Morgan fingerprint density at radius 2 is 1.86 bits per heavy atom. The molecule has 2 rings (SSSR count). The first kappa shape index (κ1) is 17.7. The lowest BCUT2D eigenvalue weighted by Gasteiger charge is -2.17. The van der Waals surface area contributed by atoms with Crippen molar-refractivity contribution in [3.05, 3.63) is 45.0 Å². The highest BCUT2D eigenvalue weighted by Crippen LogP contribution is 2.31. The highest BCUT2D eigenvalue weighted by molar-refractivity contribution is 9.11. The van der Waals surface area contributed by atoms with Gasteiger partial charge in [-0.05, 0) is 59.4 Å². The summed E-state index contributed by atoms with van der Waals surface area (Å²) in [6.07, 6.45) is 0. The van der Waals surface area contributed by atoms with Crippen molar-refractivity contribution in [1.82, 2.24) is 10.2 Å². The van der Waals surface area contributed by atoms with Gasteiger partial charge in [0.15, 0.2) is 0 Å². The number of halogens is 2. The molecule has 3 nitrogen and oxygen atoms in total. The van der Waals surface area contributed by atoms with E-state index < -0.39 is 0 Å². The Kier molecular flexibility index (Phi) is 7.15. The second-order valence-corrected chi connectivity index (χ2v) is 6.86. The molecule has 0 saturated heterocycles. The largest absolute Gasteiger partial charge is 0.460 e. The Bertz CT molecular complexity index is 594. The Labute approximate surface area is 149 Å². The summed E-state index contributed by atoms with van der Waals surface area (Å²) in [5.74, 6) is 1.85. The molecule has 1 aromatic carbocycles. The van der Waals surface area contributed by atoms with Gasteiger partial charge in [0.05, 0.1) is 6.54 Å². The van der Waals surface area contributed by atoms with Crippen molar-refractivity contribution >= 4 is 31.9 Å². The number of benzene rings is 1. The number of hydrogen-bond donors (Lipinski definition) is 1. The Balaban J connectivity index is 1.89. The third-order valence-electron chi connectivity index (χ3n) is 3.66. The van der Waals surface area contributed by atoms with Gasteiger partial charge in [0.2, 0.25) is 0 Å². The van der Waals surface area contributed by atoms with Crippen molar-refractivity contribution in [3.63, 3.8) is 0 Å². The maximum atomic E-state index is 5.93. The second kappa shape index (κ2) is 8.87. The highest BCUT2D eigenvalue weighted by Gasteiger charge is 2.08. The van der Waals surface area contributed by atoms with Crippen LogP contribution in [0.2, 0.25) is 0 Å². The van der Waals surface area contributed by atoms with E-state index in [0.717, 1.165) is 58.8 Å². The standard InChI is InChI=1S/C17H22Br2N2O/c1-3-21(4-2)10-9-20-12-14-6-8-17(22-14)15-7-5-13(18)11-16(15)19/h5-8,11,20H,3-4,9-10,12H2,1-2H3. The minimum Gasteiger partial charge on any atom is -0.460 e. The van der Waals surface area contributed by atoms with Crippen LogP contribution >= 0.6 is 31.9 Å². The molecule has 0 aliphatic carbocycles. The number of furan rings is 1. The number of hydrogen-bond acceptors (Lipinski definition) is 3. The van der Waals surface area contributed by atoms with Crippen LogP contribution in [0.3, 0.4) is 0 Å². The molecular weight excluding hydrogens is 408 g/mol. The predicted octanol–water partition coefficient (Wildman–Crippen LogP) is 4.90. The summed E-state index contributed by atoms with van der Waals surface area (Å²) in [7, 11) is 0. The van der Waals surface area contributed by atoms with Crippen LogP contribution in [0.1, 0.15) is 19.6 Å². The summed E-state index contributed by atoms with van der Waals surface area (Å²) in [6.45, 7) is 9.38. The van der Waals surface area contributed by atoms with E-state index in [1.54, 1.807) is 0 Å². The maximum absolute atomic E-state index is 5.93. The molecule has 1 heterocycles. The molecular formula is C17H22Br2N2O. The fourth-order valence-corrected chi connectivity index (χ4v) is 3.54. The van der Waals surface area contributed by atoms with E-state index in [9.17, 15) is 0 Å². The van der Waals surface area contributed by atoms with Gasteiger partial charge in [-0.1, -0.05) is 29.8 Å². The molecule has 0 aliphatic heterocycles. The summed E-state index contributed by atoms with van der Waals surface area (Å²) in [5, 5.41) is 3.43. The molecule has 0 atom stereocenters. The van der Waals surface area contributed by atoms with Crippen molar-refractivity contribution in [2.45, 2.75) is 20.4 Å². The number of likely N-dealkylation sites (N-methyl/N-ethyl adjacent to an activating group) is 1. The Hall–Kier alpha value is -0.620. The van der Waals surface area contributed by atoms with Gasteiger partial charge in [0.1, 0.15) is 11.5 Å². The molecule has 1 aromatic heterocycles. The number of nitrogens with zero attached hydrogens (tertiary/aromatic N) is 1. The summed E-state index contributed by atoms with van der Waals surface area (Å²) < 4.78 is 8.00. The van der Waals surface area contributed by atoms with Crippen molar-refractivity contribution in [3.8, 4) is 11.3 Å². The summed E-state index contributed by atoms with van der Waals surface area (Å²) in [4.78, 5) is 2.40. The van der Waals surface area contributed by atoms with Crippen LogP contribution in [-0.4, -0.2) is 31.1 Å². The quantitative estimate of drug-likeness (QED) is 0.604. The average Bonchev–Trinajstić information content (AvgIpc) is 2.96. The van der Waals surface area contributed by atoms with Gasteiger partial charge in [0, 0.05) is 27.6 Å². The predicted molar refractivity (Wildman–Crippen MR) is 99.0 cm³/mol. The lowest BCUT2D eigenvalue weighted by atomic mass is 10.2. The van der Waals surface area contributed by atoms with Gasteiger partial charge in [-0.3, -0.25) is 0 Å². The summed E-state index contributed by atoms with van der Waals surface area (Å²) >= 11 is 7.04. The van der Waals surface area contributed by atoms with Crippen LogP contribution in [0.25, 0.3) is 11.3 Å². The lowest BCUT2D eigenvalue weighted by molar-refractivity contribution is 0.300. The molecule has 0 saturated carbocycles. The third-order valence-corrected chi connectivity index (χ3v) is 4.81. The number of rotatable bonds is 8. The number of nitrogens with one attached hydrogen (secondary N) is 1. The van der Waals surface area contributed by atoms with E-state index in [4.69, 9.17) is 4.42 Å². The molecule has 2 aromatic rings. The van der Waals surface area contributed by atoms with Gasteiger partial charge in [-0.15, -0.1) is 0 Å². The van der Waals surface area contributed by atoms with Gasteiger partial charge < -0.3 is 14.6 Å². The van der Waals surface area contributed by atoms with Gasteiger partial charge >= 0.3 is 0 Å². The fourth-order valence-electron chi connectivity index (χ4n) is 2.30. The molecule has 120 valence electrons. The third kappa shape index (κ3) is 4.95. The lowest BCUT2D eigenvalue weighted by Crippen LogP contribution is -2.31. The molecule has 1 N–H and O–H groups in total. The molecule has 0 aliphatic rings. The zero-order valence-corrected chi connectivity index (χ0v) is 16.2. The fraction of sp³-hybridized carbons (Fsp3) is 0.412. The van der Waals surface area contributed by atoms with E-state index in [1.807, 2.05) is 30.3 Å². The van der Waals surface area contributed by atoms with Gasteiger partial charge in [-0.2, -0.15) is 0 Å². The van der Waals surface area contributed by atoms with Crippen LogP contribution in [-0.2, 0) is 6.54 Å². The molecule has 0 radical (unpaired) electrons. The molecule has 0 fully saturated rings. The second-order valence-electron chi connectivity index (χ2n) is 5.09. The van der Waals surface area contributed by atoms with E-state index in [-0.39, 0.29) is 0 Å².